The molecule has 0 amide bonds. The molecule has 12 heavy (non-hydrogen) atoms. The van der Waals surface area contributed by atoms with Gasteiger partial charge in [-0.25, -0.2) is 0 Å². The molecule has 0 unspecified atom stereocenters. The summed E-state index contributed by atoms with van der Waals surface area (Å²) in [4.78, 5) is 0. The maximum absolute atomic E-state index is 2.20. The molecule has 0 atom stereocenters. The van der Waals surface area contributed by atoms with Crippen LogP contribution in [-0.2, 0) is 0 Å². The number of rotatable bonds is 0. The van der Waals surface area contributed by atoms with E-state index in [1.807, 2.05) is 0 Å². The van der Waals surface area contributed by atoms with E-state index < -0.39 is 0 Å². The first kappa shape index (κ1) is 8.94. The molecule has 0 bridgehead atoms. The summed E-state index contributed by atoms with van der Waals surface area (Å²) < 4.78 is 0. The van der Waals surface area contributed by atoms with Gasteiger partial charge in [0.1, 0.15) is 0 Å². The van der Waals surface area contributed by atoms with Crippen LogP contribution in [0.3, 0.4) is 0 Å². The van der Waals surface area contributed by atoms with Gasteiger partial charge in [-0.1, -0.05) is 47.7 Å². The van der Waals surface area contributed by atoms with Crippen LogP contribution in [0.4, 0.5) is 4.70 Å². The van der Waals surface area contributed by atoms with Gasteiger partial charge in [-0.15, -0.1) is 0 Å². The van der Waals surface area contributed by atoms with Crippen molar-refractivity contribution >= 4 is 26.2 Å². The summed E-state index contributed by atoms with van der Waals surface area (Å²) in [6.07, 6.45) is 0. The molecule has 0 aliphatic heterocycles. The molecule has 2 rings (SSSR count). The fraction of sp³-hybridized carbons (Fsp3) is 0. The van der Waals surface area contributed by atoms with Crippen molar-refractivity contribution in [1.29, 1.82) is 0 Å². The largest absolute Gasteiger partial charge is 0.269 e. The Morgan fingerprint density at radius 2 is 1.50 bits per heavy atom. The van der Waals surface area contributed by atoms with Gasteiger partial charge in [0.15, 0.2) is 0 Å². The average molecular weight is 178 g/mol. The Labute approximate surface area is 74.0 Å². The van der Waals surface area contributed by atoms with E-state index in [1.54, 1.807) is 0 Å². The highest BCUT2D eigenvalue weighted by Crippen LogP contribution is 2.08. The van der Waals surface area contributed by atoms with Crippen LogP contribution < -0.4 is 5.19 Å². The lowest BCUT2D eigenvalue weighted by Gasteiger charge is -1.99. The van der Waals surface area contributed by atoms with Crippen molar-refractivity contribution in [2.75, 3.05) is 0 Å². The third-order valence-electron chi connectivity index (χ3n) is 2.01. The zero-order valence-corrected chi connectivity index (χ0v) is 8.95. The number of benzene rings is 2. The van der Waals surface area contributed by atoms with Gasteiger partial charge < -0.3 is 0 Å². The summed E-state index contributed by atoms with van der Waals surface area (Å²) in [5, 5.41) is 4.27. The lowest BCUT2D eigenvalue weighted by atomic mass is 10.1. The third kappa shape index (κ3) is 1.38. The van der Waals surface area contributed by atoms with Gasteiger partial charge in [-0.3, -0.25) is 4.70 Å². The highest BCUT2D eigenvalue weighted by Gasteiger charge is 1.91. The molecule has 0 heterocycles. The Hall–Kier alpha value is -1.15. The molecule has 0 fully saturated rings. The molecule has 0 aliphatic carbocycles. The summed E-state index contributed by atoms with van der Waals surface area (Å²) in [6, 6.07) is 15.0. The fourth-order valence-corrected chi connectivity index (χ4v) is 2.04. The Balaban J connectivity index is 0.000000720. The monoisotopic (exact) mass is 178 g/mol. The van der Waals surface area contributed by atoms with Crippen LogP contribution in [0.15, 0.2) is 42.5 Å². The van der Waals surface area contributed by atoms with Gasteiger partial charge >= 0.3 is 0 Å². The highest BCUT2D eigenvalue weighted by molar-refractivity contribution is 6.38. The minimum absolute atomic E-state index is 0. The van der Waals surface area contributed by atoms with E-state index in [2.05, 4.69) is 42.5 Å². The first-order chi connectivity index (χ1) is 5.38. The summed E-state index contributed by atoms with van der Waals surface area (Å²) >= 11 is 0. The van der Waals surface area contributed by atoms with Gasteiger partial charge in [0.25, 0.3) is 0 Å². The normalized spacial score (nSPS) is 9.67. The minimum Gasteiger partial charge on any atom is -0.269 e. The summed E-state index contributed by atoms with van der Waals surface area (Å²) in [7, 11) is 1.14. The second-order valence-corrected chi connectivity index (χ2v) is 3.87. The summed E-state index contributed by atoms with van der Waals surface area (Å²) in [6.45, 7) is 0. The summed E-state index contributed by atoms with van der Waals surface area (Å²) in [5.74, 6) is 0. The van der Waals surface area contributed by atoms with Crippen LogP contribution in [0.25, 0.3) is 10.8 Å². The van der Waals surface area contributed by atoms with Gasteiger partial charge in [0.2, 0.25) is 0 Å². The Morgan fingerprint density at radius 3 is 2.25 bits per heavy atom. The smallest absolute Gasteiger partial charge is 0.0393 e. The molecule has 2 aromatic rings. The Bertz CT molecular complexity index is 379. The topological polar surface area (TPSA) is 0 Å². The number of halogens is 1. The predicted octanol–water partition coefficient (Wildman–Crippen LogP) is 0.983. The molecule has 0 nitrogen and oxygen atoms in total. The third-order valence-corrected chi connectivity index (χ3v) is 2.88. The van der Waals surface area contributed by atoms with Gasteiger partial charge in [-0.05, 0) is 10.8 Å². The molecule has 62 valence electrons. The van der Waals surface area contributed by atoms with Crippen molar-refractivity contribution in [3.63, 3.8) is 0 Å². The highest BCUT2D eigenvalue weighted by atomic mass is 28.1. The number of hydrogen-bond donors (Lipinski definition) is 0. The van der Waals surface area contributed by atoms with Crippen LogP contribution >= 0.6 is 0 Å². The molecule has 2 heteroatoms. The lowest BCUT2D eigenvalue weighted by molar-refractivity contribution is 1.11. The second kappa shape index (κ2) is 3.50. The molecule has 0 spiro atoms. The van der Waals surface area contributed by atoms with Crippen LogP contribution in [0.1, 0.15) is 0 Å². The first-order valence-corrected chi connectivity index (χ1v) is 4.82. The van der Waals surface area contributed by atoms with E-state index in [1.165, 1.54) is 16.0 Å². The molecular formula is C10H11FSi. The molecule has 0 saturated carbocycles. The van der Waals surface area contributed by atoms with E-state index in [0.717, 1.165) is 10.2 Å². The van der Waals surface area contributed by atoms with E-state index in [0.29, 0.717) is 0 Å². The molecule has 0 aromatic heterocycles. The second-order valence-electron chi connectivity index (χ2n) is 2.80. The fourth-order valence-electron chi connectivity index (χ4n) is 1.39. The maximum atomic E-state index is 2.20. The van der Waals surface area contributed by atoms with Crippen LogP contribution in [0.5, 0.6) is 0 Å². The Morgan fingerprint density at radius 1 is 0.833 bits per heavy atom. The van der Waals surface area contributed by atoms with Crippen LogP contribution in [-0.4, -0.2) is 10.2 Å². The molecule has 0 aliphatic rings. The van der Waals surface area contributed by atoms with Crippen LogP contribution in [0, 0.1) is 0 Å². The zero-order chi connectivity index (χ0) is 7.68. The standard InChI is InChI=1S/C10H10Si.FH/c11-10-7-3-5-8-4-1-2-6-9(8)10;/h1-7H,11H3;1H. The van der Waals surface area contributed by atoms with Crippen molar-refractivity contribution < 1.29 is 4.70 Å². The predicted molar refractivity (Wildman–Crippen MR) is 56.0 cm³/mol. The first-order valence-electron chi connectivity index (χ1n) is 3.82. The van der Waals surface area contributed by atoms with Gasteiger partial charge in [0, 0.05) is 10.2 Å². The molecule has 0 radical (unpaired) electrons. The van der Waals surface area contributed by atoms with Gasteiger partial charge in [-0.2, -0.15) is 0 Å². The summed E-state index contributed by atoms with van der Waals surface area (Å²) in [5.41, 5.74) is 0. The van der Waals surface area contributed by atoms with Gasteiger partial charge in [0.05, 0.1) is 0 Å². The SMILES string of the molecule is F.[SiH3]c1cccc2ccccc12. The Kier molecular flexibility index (Phi) is 2.60. The minimum atomic E-state index is 0. The van der Waals surface area contributed by atoms with Crippen molar-refractivity contribution in [2.45, 2.75) is 0 Å². The molecular weight excluding hydrogens is 167 g/mol. The van der Waals surface area contributed by atoms with Crippen molar-refractivity contribution in [1.82, 2.24) is 0 Å². The quantitative estimate of drug-likeness (QED) is 0.528. The number of fused-ring (bicyclic) bond motifs is 1. The number of hydrogen-bond acceptors (Lipinski definition) is 0. The lowest BCUT2D eigenvalue weighted by Crippen LogP contribution is -2.01. The van der Waals surface area contributed by atoms with Crippen molar-refractivity contribution in [3.05, 3.63) is 42.5 Å². The van der Waals surface area contributed by atoms with E-state index >= 15 is 0 Å². The van der Waals surface area contributed by atoms with E-state index in [-0.39, 0.29) is 4.70 Å². The van der Waals surface area contributed by atoms with Crippen molar-refractivity contribution in [3.8, 4) is 0 Å². The molecule has 0 N–H and O–H groups in total. The molecule has 2 aromatic carbocycles. The average Bonchev–Trinajstić information content (AvgIpc) is 2.06. The van der Waals surface area contributed by atoms with Crippen LogP contribution in [0.2, 0.25) is 0 Å². The molecule has 0 saturated heterocycles. The zero-order valence-electron chi connectivity index (χ0n) is 6.95. The van der Waals surface area contributed by atoms with Crippen molar-refractivity contribution in [2.24, 2.45) is 0 Å². The maximum Gasteiger partial charge on any atom is 0.0393 e. The van der Waals surface area contributed by atoms with E-state index in [9.17, 15) is 0 Å². The van der Waals surface area contributed by atoms with E-state index in [4.69, 9.17) is 0 Å².